The number of pyridine rings is 1. The van der Waals surface area contributed by atoms with Crippen LogP contribution in [-0.2, 0) is 0 Å². The largest absolute Gasteiger partial charge is 0.350 e. The normalized spacial score (nSPS) is 27.1. The summed E-state index contributed by atoms with van der Waals surface area (Å²) in [6.45, 7) is 5.43. The van der Waals surface area contributed by atoms with Crippen LogP contribution in [0.25, 0.3) is 0 Å². The Morgan fingerprint density at radius 2 is 2.32 bits per heavy atom. The number of hydrogen-bond donors (Lipinski definition) is 0. The Kier molecular flexibility index (Phi) is 3.34. The quantitative estimate of drug-likeness (QED) is 0.789. The lowest BCUT2D eigenvalue weighted by atomic mass is 10.1. The highest BCUT2D eigenvalue weighted by Gasteiger charge is 2.35. The van der Waals surface area contributed by atoms with Crippen LogP contribution in [-0.4, -0.2) is 41.6 Å². The third kappa shape index (κ3) is 2.18. The molecule has 2 unspecified atom stereocenters. The SMILES string of the molecule is CC1CN2CCCC2CN1c1nccc(C#N)c1Cl. The van der Waals surface area contributed by atoms with E-state index in [2.05, 4.69) is 27.8 Å². The standard InChI is InChI=1S/C14H17ClN4/c1-10-8-18-6-2-3-12(18)9-19(10)14-13(15)11(7-16)4-5-17-14/h4-5,10,12H,2-3,6,8-9H2,1H3. The van der Waals surface area contributed by atoms with E-state index < -0.39 is 0 Å². The minimum Gasteiger partial charge on any atom is -0.350 e. The molecule has 0 saturated carbocycles. The first-order valence-corrected chi connectivity index (χ1v) is 7.14. The Labute approximate surface area is 118 Å². The van der Waals surface area contributed by atoms with Crippen LogP contribution in [0.2, 0.25) is 5.02 Å². The van der Waals surface area contributed by atoms with Crippen LogP contribution in [0.1, 0.15) is 25.3 Å². The van der Waals surface area contributed by atoms with E-state index in [0.29, 0.717) is 22.7 Å². The molecular formula is C14H17ClN4. The molecule has 2 aliphatic heterocycles. The zero-order valence-electron chi connectivity index (χ0n) is 11.0. The van der Waals surface area contributed by atoms with E-state index >= 15 is 0 Å². The van der Waals surface area contributed by atoms with Gasteiger partial charge in [-0.15, -0.1) is 0 Å². The number of rotatable bonds is 1. The fourth-order valence-electron chi connectivity index (χ4n) is 3.20. The summed E-state index contributed by atoms with van der Waals surface area (Å²) in [5.41, 5.74) is 0.507. The maximum Gasteiger partial charge on any atom is 0.149 e. The minimum atomic E-state index is 0.383. The lowest BCUT2D eigenvalue weighted by Gasteiger charge is -2.43. The maximum absolute atomic E-state index is 9.07. The first kappa shape index (κ1) is 12.7. The maximum atomic E-state index is 9.07. The summed E-state index contributed by atoms with van der Waals surface area (Å²) in [4.78, 5) is 9.22. The van der Waals surface area contributed by atoms with Gasteiger partial charge in [0.2, 0.25) is 0 Å². The van der Waals surface area contributed by atoms with Crippen molar-refractivity contribution in [3.8, 4) is 6.07 Å². The molecular weight excluding hydrogens is 260 g/mol. The molecule has 0 spiro atoms. The number of nitriles is 1. The molecule has 4 nitrogen and oxygen atoms in total. The molecule has 0 amide bonds. The number of piperazine rings is 1. The third-order valence-corrected chi connectivity index (χ3v) is 4.57. The molecule has 0 N–H and O–H groups in total. The molecule has 5 heteroatoms. The van der Waals surface area contributed by atoms with Gasteiger partial charge in [-0.3, -0.25) is 4.90 Å². The highest BCUT2D eigenvalue weighted by molar-refractivity contribution is 6.34. The number of aromatic nitrogens is 1. The Balaban J connectivity index is 1.91. The Hall–Kier alpha value is -1.31. The van der Waals surface area contributed by atoms with Gasteiger partial charge >= 0.3 is 0 Å². The number of anilines is 1. The summed E-state index contributed by atoms with van der Waals surface area (Å²) >= 11 is 6.31. The van der Waals surface area contributed by atoms with Gasteiger partial charge in [-0.05, 0) is 32.4 Å². The number of fused-ring (bicyclic) bond motifs is 1. The predicted octanol–water partition coefficient (Wildman–Crippen LogP) is 2.28. The van der Waals surface area contributed by atoms with E-state index in [-0.39, 0.29) is 0 Å². The second kappa shape index (κ2) is 4.99. The van der Waals surface area contributed by atoms with Crippen LogP contribution >= 0.6 is 11.6 Å². The summed E-state index contributed by atoms with van der Waals surface area (Å²) in [5.74, 6) is 0.764. The first-order valence-electron chi connectivity index (χ1n) is 6.76. The van der Waals surface area contributed by atoms with Crippen LogP contribution in [0, 0.1) is 11.3 Å². The number of halogens is 1. The van der Waals surface area contributed by atoms with Crippen molar-refractivity contribution in [2.75, 3.05) is 24.5 Å². The van der Waals surface area contributed by atoms with Crippen LogP contribution in [0.4, 0.5) is 5.82 Å². The molecule has 2 saturated heterocycles. The van der Waals surface area contributed by atoms with Crippen molar-refractivity contribution in [3.05, 3.63) is 22.8 Å². The summed E-state index contributed by atoms with van der Waals surface area (Å²) < 4.78 is 0. The van der Waals surface area contributed by atoms with Gasteiger partial charge in [-0.25, -0.2) is 4.98 Å². The molecule has 19 heavy (non-hydrogen) atoms. The van der Waals surface area contributed by atoms with Crippen molar-refractivity contribution < 1.29 is 0 Å². The molecule has 0 radical (unpaired) electrons. The molecule has 2 aliphatic rings. The lowest BCUT2D eigenvalue weighted by molar-refractivity contribution is 0.202. The van der Waals surface area contributed by atoms with E-state index in [1.165, 1.54) is 19.4 Å². The van der Waals surface area contributed by atoms with E-state index in [0.717, 1.165) is 18.9 Å². The van der Waals surface area contributed by atoms with E-state index in [9.17, 15) is 0 Å². The molecule has 3 rings (SSSR count). The molecule has 1 aromatic rings. The average Bonchev–Trinajstić information content (AvgIpc) is 2.85. The highest BCUT2D eigenvalue weighted by atomic mass is 35.5. The van der Waals surface area contributed by atoms with Crippen molar-refractivity contribution in [1.29, 1.82) is 5.26 Å². The summed E-state index contributed by atoms with van der Waals surface area (Å²) in [7, 11) is 0. The van der Waals surface area contributed by atoms with E-state index in [1.807, 2.05) is 0 Å². The first-order chi connectivity index (χ1) is 9.20. The van der Waals surface area contributed by atoms with E-state index in [4.69, 9.17) is 16.9 Å². The van der Waals surface area contributed by atoms with Gasteiger partial charge in [-0.1, -0.05) is 11.6 Å². The van der Waals surface area contributed by atoms with Gasteiger partial charge in [0, 0.05) is 31.4 Å². The van der Waals surface area contributed by atoms with Gasteiger partial charge in [0.15, 0.2) is 0 Å². The zero-order valence-corrected chi connectivity index (χ0v) is 11.8. The van der Waals surface area contributed by atoms with Crippen molar-refractivity contribution in [1.82, 2.24) is 9.88 Å². The van der Waals surface area contributed by atoms with Crippen molar-refractivity contribution in [2.24, 2.45) is 0 Å². The van der Waals surface area contributed by atoms with Gasteiger partial charge in [0.1, 0.15) is 16.9 Å². The van der Waals surface area contributed by atoms with Crippen LogP contribution in [0.5, 0.6) is 0 Å². The van der Waals surface area contributed by atoms with Gasteiger partial charge in [0.25, 0.3) is 0 Å². The van der Waals surface area contributed by atoms with Crippen molar-refractivity contribution in [3.63, 3.8) is 0 Å². The summed E-state index contributed by atoms with van der Waals surface area (Å²) in [6.07, 6.45) is 4.21. The van der Waals surface area contributed by atoms with Crippen molar-refractivity contribution in [2.45, 2.75) is 31.8 Å². The Morgan fingerprint density at radius 1 is 1.47 bits per heavy atom. The highest BCUT2D eigenvalue weighted by Crippen LogP contribution is 2.32. The van der Waals surface area contributed by atoms with Crippen LogP contribution in [0.3, 0.4) is 0 Å². The fraction of sp³-hybridized carbons (Fsp3) is 0.571. The second-order valence-electron chi connectivity index (χ2n) is 5.40. The third-order valence-electron chi connectivity index (χ3n) is 4.20. The average molecular weight is 277 g/mol. The molecule has 0 aliphatic carbocycles. The number of nitrogens with zero attached hydrogens (tertiary/aromatic N) is 4. The van der Waals surface area contributed by atoms with Crippen molar-refractivity contribution >= 4 is 17.4 Å². The monoisotopic (exact) mass is 276 g/mol. The van der Waals surface area contributed by atoms with Crippen LogP contribution in [0.15, 0.2) is 12.3 Å². The molecule has 2 fully saturated rings. The predicted molar refractivity (Wildman–Crippen MR) is 75.4 cm³/mol. The molecule has 2 atom stereocenters. The Bertz CT molecular complexity index is 525. The molecule has 0 bridgehead atoms. The van der Waals surface area contributed by atoms with Crippen LogP contribution < -0.4 is 4.90 Å². The second-order valence-corrected chi connectivity index (χ2v) is 5.78. The molecule has 0 aromatic carbocycles. The molecule has 3 heterocycles. The topological polar surface area (TPSA) is 43.2 Å². The lowest BCUT2D eigenvalue weighted by Crippen LogP contribution is -2.55. The van der Waals surface area contributed by atoms with E-state index in [1.54, 1.807) is 12.3 Å². The molecule has 100 valence electrons. The van der Waals surface area contributed by atoms with Gasteiger partial charge in [0.05, 0.1) is 5.56 Å². The zero-order chi connectivity index (χ0) is 13.4. The molecule has 1 aromatic heterocycles. The van der Waals surface area contributed by atoms with Gasteiger partial charge in [-0.2, -0.15) is 5.26 Å². The summed E-state index contributed by atoms with van der Waals surface area (Å²) in [6, 6.07) is 4.79. The summed E-state index contributed by atoms with van der Waals surface area (Å²) in [5, 5.41) is 9.56. The fourth-order valence-corrected chi connectivity index (χ4v) is 3.46. The Morgan fingerprint density at radius 3 is 3.11 bits per heavy atom. The minimum absolute atomic E-state index is 0.383. The van der Waals surface area contributed by atoms with Gasteiger partial charge < -0.3 is 4.90 Å². The number of hydrogen-bond acceptors (Lipinski definition) is 4. The smallest absolute Gasteiger partial charge is 0.149 e.